The first-order chi connectivity index (χ1) is 10.1. The van der Waals surface area contributed by atoms with Gasteiger partial charge in [-0.2, -0.15) is 0 Å². The first kappa shape index (κ1) is 14.7. The Bertz CT molecular complexity index is 638. The maximum Gasteiger partial charge on any atom is 0.0746 e. The SMILES string of the molecule is CCc1ccc(CC2(O)CCc3cc(Br)ccc3C2)nc1. The highest BCUT2D eigenvalue weighted by atomic mass is 79.9. The number of aryl methyl sites for hydroxylation is 2. The van der Waals surface area contributed by atoms with Crippen LogP contribution in [0.25, 0.3) is 0 Å². The Morgan fingerprint density at radius 1 is 1.24 bits per heavy atom. The second-order valence-corrected chi connectivity index (χ2v) is 6.92. The molecule has 0 aliphatic heterocycles. The molecule has 0 saturated carbocycles. The molecule has 2 aromatic rings. The first-order valence-electron chi connectivity index (χ1n) is 7.51. The van der Waals surface area contributed by atoms with E-state index in [0.717, 1.165) is 29.4 Å². The fourth-order valence-electron chi connectivity index (χ4n) is 3.07. The maximum absolute atomic E-state index is 10.9. The van der Waals surface area contributed by atoms with Gasteiger partial charge in [0.1, 0.15) is 0 Å². The molecular weight excluding hydrogens is 326 g/mol. The molecule has 1 aromatic carbocycles. The van der Waals surface area contributed by atoms with Crippen molar-refractivity contribution < 1.29 is 5.11 Å². The summed E-state index contributed by atoms with van der Waals surface area (Å²) in [6.45, 7) is 2.13. The molecule has 1 aliphatic carbocycles. The van der Waals surface area contributed by atoms with Gasteiger partial charge < -0.3 is 5.11 Å². The monoisotopic (exact) mass is 345 g/mol. The molecule has 0 radical (unpaired) electrons. The number of halogens is 1. The molecule has 0 saturated heterocycles. The van der Waals surface area contributed by atoms with E-state index in [-0.39, 0.29) is 0 Å². The third-order valence-electron chi connectivity index (χ3n) is 4.35. The molecule has 1 heterocycles. The predicted molar refractivity (Wildman–Crippen MR) is 88.4 cm³/mol. The predicted octanol–water partition coefficient (Wildman–Crippen LogP) is 3.87. The van der Waals surface area contributed by atoms with Gasteiger partial charge in [-0.25, -0.2) is 0 Å². The zero-order valence-corrected chi connectivity index (χ0v) is 13.9. The van der Waals surface area contributed by atoms with E-state index < -0.39 is 5.60 Å². The van der Waals surface area contributed by atoms with Crippen molar-refractivity contribution in [2.45, 2.75) is 44.6 Å². The van der Waals surface area contributed by atoms with E-state index in [1.807, 2.05) is 12.3 Å². The van der Waals surface area contributed by atoms with Crippen LogP contribution in [0.3, 0.4) is 0 Å². The lowest BCUT2D eigenvalue weighted by molar-refractivity contribution is 0.0258. The van der Waals surface area contributed by atoms with Crippen LogP contribution in [0.2, 0.25) is 0 Å². The maximum atomic E-state index is 10.9. The minimum absolute atomic E-state index is 0.631. The van der Waals surface area contributed by atoms with Crippen LogP contribution in [0.5, 0.6) is 0 Å². The van der Waals surface area contributed by atoms with E-state index in [1.54, 1.807) is 0 Å². The third kappa shape index (κ3) is 3.35. The highest BCUT2D eigenvalue weighted by Crippen LogP contribution is 2.32. The quantitative estimate of drug-likeness (QED) is 0.915. The van der Waals surface area contributed by atoms with E-state index in [2.05, 4.69) is 52.1 Å². The van der Waals surface area contributed by atoms with Crippen molar-refractivity contribution in [1.29, 1.82) is 0 Å². The molecule has 3 rings (SSSR count). The van der Waals surface area contributed by atoms with Gasteiger partial charge in [-0.3, -0.25) is 4.98 Å². The standard InChI is InChI=1S/C18H20BrNO/c1-2-13-3-6-17(20-12-13)11-18(21)8-7-14-9-16(19)5-4-15(14)10-18/h3-6,9,12,21H,2,7-8,10-11H2,1H3. The van der Waals surface area contributed by atoms with Crippen molar-refractivity contribution >= 4 is 15.9 Å². The molecule has 0 bridgehead atoms. The summed E-state index contributed by atoms with van der Waals surface area (Å²) >= 11 is 3.51. The van der Waals surface area contributed by atoms with E-state index in [1.165, 1.54) is 16.7 Å². The van der Waals surface area contributed by atoms with Gasteiger partial charge in [0.2, 0.25) is 0 Å². The van der Waals surface area contributed by atoms with E-state index in [9.17, 15) is 5.11 Å². The van der Waals surface area contributed by atoms with Crippen molar-refractivity contribution in [1.82, 2.24) is 4.98 Å². The van der Waals surface area contributed by atoms with Gasteiger partial charge in [0.05, 0.1) is 5.60 Å². The Morgan fingerprint density at radius 2 is 2.10 bits per heavy atom. The summed E-state index contributed by atoms with van der Waals surface area (Å²) in [6, 6.07) is 10.5. The van der Waals surface area contributed by atoms with Crippen molar-refractivity contribution in [3.8, 4) is 0 Å². The fourth-order valence-corrected chi connectivity index (χ4v) is 3.48. The lowest BCUT2D eigenvalue weighted by Crippen LogP contribution is -2.38. The van der Waals surface area contributed by atoms with Crippen molar-refractivity contribution in [3.63, 3.8) is 0 Å². The zero-order chi connectivity index (χ0) is 14.9. The zero-order valence-electron chi connectivity index (χ0n) is 12.3. The highest BCUT2D eigenvalue weighted by Gasteiger charge is 2.32. The van der Waals surface area contributed by atoms with Crippen LogP contribution in [-0.4, -0.2) is 15.7 Å². The number of hydrogen-bond donors (Lipinski definition) is 1. The minimum atomic E-state index is -0.665. The molecular formula is C18H20BrNO. The Morgan fingerprint density at radius 3 is 2.81 bits per heavy atom. The smallest absolute Gasteiger partial charge is 0.0746 e. The molecule has 1 atom stereocenters. The number of rotatable bonds is 3. The molecule has 1 unspecified atom stereocenters. The number of hydrogen-bond acceptors (Lipinski definition) is 2. The summed E-state index contributed by atoms with van der Waals surface area (Å²) in [5.41, 5.74) is 4.17. The van der Waals surface area contributed by atoms with Crippen LogP contribution in [0.15, 0.2) is 41.0 Å². The Labute approximate surface area is 134 Å². The Balaban J connectivity index is 1.77. The van der Waals surface area contributed by atoms with Crippen LogP contribution >= 0.6 is 15.9 Å². The van der Waals surface area contributed by atoms with Crippen molar-refractivity contribution in [2.75, 3.05) is 0 Å². The molecule has 110 valence electrons. The summed E-state index contributed by atoms with van der Waals surface area (Å²) in [4.78, 5) is 4.49. The molecule has 2 nitrogen and oxygen atoms in total. The number of aromatic nitrogens is 1. The van der Waals surface area contributed by atoms with Gasteiger partial charge in [-0.15, -0.1) is 0 Å². The van der Waals surface area contributed by atoms with Gasteiger partial charge in [-0.1, -0.05) is 35.0 Å². The first-order valence-corrected chi connectivity index (χ1v) is 8.31. The second kappa shape index (κ2) is 5.90. The van der Waals surface area contributed by atoms with E-state index >= 15 is 0 Å². The van der Waals surface area contributed by atoms with Gasteiger partial charge in [-0.05, 0) is 54.2 Å². The van der Waals surface area contributed by atoms with Crippen LogP contribution in [0, 0.1) is 0 Å². The van der Waals surface area contributed by atoms with Crippen LogP contribution < -0.4 is 0 Å². The van der Waals surface area contributed by atoms with E-state index in [4.69, 9.17) is 0 Å². The summed E-state index contributed by atoms with van der Waals surface area (Å²) in [6.07, 6.45) is 6.00. The molecule has 1 N–H and O–H groups in total. The molecule has 0 spiro atoms. The normalized spacial score (nSPS) is 21.1. The number of aliphatic hydroxyl groups is 1. The molecule has 21 heavy (non-hydrogen) atoms. The number of benzene rings is 1. The Kier molecular flexibility index (Phi) is 4.14. The number of nitrogens with zero attached hydrogens (tertiary/aromatic N) is 1. The van der Waals surface area contributed by atoms with Crippen LogP contribution in [0.1, 0.15) is 35.7 Å². The van der Waals surface area contributed by atoms with Crippen LogP contribution in [0.4, 0.5) is 0 Å². The van der Waals surface area contributed by atoms with Crippen molar-refractivity contribution in [3.05, 3.63) is 63.4 Å². The molecule has 1 aliphatic rings. The average molecular weight is 346 g/mol. The number of fused-ring (bicyclic) bond motifs is 1. The summed E-state index contributed by atoms with van der Waals surface area (Å²) in [5, 5.41) is 10.9. The average Bonchev–Trinajstić information content (AvgIpc) is 2.48. The summed E-state index contributed by atoms with van der Waals surface area (Å²) in [5.74, 6) is 0. The summed E-state index contributed by atoms with van der Waals surface area (Å²) in [7, 11) is 0. The lowest BCUT2D eigenvalue weighted by Gasteiger charge is -2.33. The summed E-state index contributed by atoms with van der Waals surface area (Å²) < 4.78 is 1.11. The van der Waals surface area contributed by atoms with Crippen molar-refractivity contribution in [2.24, 2.45) is 0 Å². The largest absolute Gasteiger partial charge is 0.389 e. The van der Waals surface area contributed by atoms with Crippen LogP contribution in [-0.2, 0) is 25.7 Å². The second-order valence-electron chi connectivity index (χ2n) is 6.00. The fraction of sp³-hybridized carbons (Fsp3) is 0.389. The molecule has 0 fully saturated rings. The molecule has 0 amide bonds. The highest BCUT2D eigenvalue weighted by molar-refractivity contribution is 9.10. The lowest BCUT2D eigenvalue weighted by atomic mass is 9.78. The molecule has 1 aromatic heterocycles. The van der Waals surface area contributed by atoms with Gasteiger partial charge in [0.15, 0.2) is 0 Å². The number of pyridine rings is 1. The molecule has 3 heteroatoms. The Hall–Kier alpha value is -1.19. The van der Waals surface area contributed by atoms with Gasteiger partial charge >= 0.3 is 0 Å². The minimum Gasteiger partial charge on any atom is -0.389 e. The topological polar surface area (TPSA) is 33.1 Å². The van der Waals surface area contributed by atoms with E-state index in [0.29, 0.717) is 12.8 Å². The van der Waals surface area contributed by atoms with Gasteiger partial charge in [0.25, 0.3) is 0 Å². The van der Waals surface area contributed by atoms with Gasteiger partial charge in [0, 0.05) is 29.2 Å². The third-order valence-corrected chi connectivity index (χ3v) is 4.85.